The molecule has 3 aromatic rings. The van der Waals surface area contributed by atoms with Crippen molar-refractivity contribution in [2.75, 3.05) is 11.9 Å². The van der Waals surface area contributed by atoms with Crippen LogP contribution in [0, 0.1) is 0 Å². The second-order valence-electron chi connectivity index (χ2n) is 7.88. The molecule has 1 atom stereocenters. The van der Waals surface area contributed by atoms with E-state index in [0.29, 0.717) is 29.1 Å². The molecule has 31 heavy (non-hydrogen) atoms. The lowest BCUT2D eigenvalue weighted by molar-refractivity contribution is -0.119. The van der Waals surface area contributed by atoms with Gasteiger partial charge in [-0.15, -0.1) is 0 Å². The van der Waals surface area contributed by atoms with Crippen LogP contribution in [0.25, 0.3) is 10.9 Å². The molecule has 0 bridgehead atoms. The summed E-state index contributed by atoms with van der Waals surface area (Å²) in [6.45, 7) is 4.56. The molecular weight excluding hydrogens is 394 g/mol. The Hall–Kier alpha value is -3.48. The lowest BCUT2D eigenvalue weighted by atomic mass is 9.99. The highest BCUT2D eigenvalue weighted by atomic mass is 16.5. The van der Waals surface area contributed by atoms with Gasteiger partial charge in [0.05, 0.1) is 16.5 Å². The number of anilines is 1. The first-order valence-electron chi connectivity index (χ1n) is 10.6. The summed E-state index contributed by atoms with van der Waals surface area (Å²) in [5.41, 5.74) is 2.50. The molecule has 160 valence electrons. The van der Waals surface area contributed by atoms with Crippen LogP contribution in [0.5, 0.6) is 0 Å². The maximum atomic E-state index is 12.5. The number of rotatable bonds is 6. The number of esters is 1. The average molecular weight is 419 g/mol. The molecule has 1 amide bonds. The monoisotopic (exact) mass is 419 g/mol. The molecular formula is C24H25N3O4. The number of fused-ring (bicyclic) bond motifs is 2. The number of ether oxygens (including phenoxy) is 1. The standard InChI is InChI=1S/C24H25N3O4/c1-3-15(2)16-6-9-18(10-7-16)25-22(28)14-31-24(30)17-8-11-19-20(13-17)26-21-5-4-12-27(21)23(19)29/h6-11,13,15H,3-5,12,14H2,1-2H3,(H,25,28)/t15-/m0/s1. The second-order valence-corrected chi connectivity index (χ2v) is 7.88. The Labute approximate surface area is 180 Å². The van der Waals surface area contributed by atoms with Gasteiger partial charge in [0.25, 0.3) is 11.5 Å². The number of aryl methyl sites for hydroxylation is 1. The predicted molar refractivity (Wildman–Crippen MR) is 118 cm³/mol. The maximum absolute atomic E-state index is 12.5. The number of carbonyl (C=O) groups is 2. The molecule has 1 aliphatic rings. The number of benzene rings is 2. The van der Waals surface area contributed by atoms with E-state index in [1.807, 2.05) is 24.3 Å². The third-order valence-electron chi connectivity index (χ3n) is 5.76. The summed E-state index contributed by atoms with van der Waals surface area (Å²) in [6.07, 6.45) is 2.69. The Bertz CT molecular complexity index is 1200. The average Bonchev–Trinajstić information content (AvgIpc) is 3.26. The number of aromatic nitrogens is 2. The Morgan fingerprint density at radius 3 is 2.71 bits per heavy atom. The fraction of sp³-hybridized carbons (Fsp3) is 0.333. The van der Waals surface area contributed by atoms with E-state index in [4.69, 9.17) is 4.74 Å². The van der Waals surface area contributed by atoms with Gasteiger partial charge in [0.1, 0.15) is 5.82 Å². The second kappa shape index (κ2) is 8.71. The van der Waals surface area contributed by atoms with Crippen molar-refractivity contribution in [3.05, 3.63) is 69.8 Å². The minimum atomic E-state index is -0.633. The fourth-order valence-corrected chi connectivity index (χ4v) is 3.75. The van der Waals surface area contributed by atoms with E-state index in [9.17, 15) is 14.4 Å². The molecule has 0 saturated carbocycles. The summed E-state index contributed by atoms with van der Waals surface area (Å²) in [6, 6.07) is 12.3. The fourth-order valence-electron chi connectivity index (χ4n) is 3.75. The van der Waals surface area contributed by atoms with E-state index >= 15 is 0 Å². The number of hydrogen-bond donors (Lipinski definition) is 1. The molecule has 2 aromatic carbocycles. The predicted octanol–water partition coefficient (Wildman–Crippen LogP) is 3.65. The van der Waals surface area contributed by atoms with Crippen LogP contribution in [0.2, 0.25) is 0 Å². The molecule has 0 radical (unpaired) electrons. The van der Waals surface area contributed by atoms with Crippen molar-refractivity contribution < 1.29 is 14.3 Å². The molecule has 0 aliphatic carbocycles. The number of hydrogen-bond acceptors (Lipinski definition) is 5. The largest absolute Gasteiger partial charge is 0.452 e. The van der Waals surface area contributed by atoms with Crippen LogP contribution in [0.3, 0.4) is 0 Å². The Morgan fingerprint density at radius 2 is 1.97 bits per heavy atom. The summed E-state index contributed by atoms with van der Waals surface area (Å²) in [5.74, 6) is 0.146. The molecule has 4 rings (SSSR count). The minimum absolute atomic E-state index is 0.0869. The number of nitrogens with one attached hydrogen (secondary N) is 1. The van der Waals surface area contributed by atoms with Gasteiger partial charge < -0.3 is 10.1 Å². The van der Waals surface area contributed by atoms with Crippen LogP contribution in [0.4, 0.5) is 5.69 Å². The lowest BCUT2D eigenvalue weighted by Gasteiger charge is -2.11. The van der Waals surface area contributed by atoms with Crippen molar-refractivity contribution in [1.82, 2.24) is 9.55 Å². The first-order chi connectivity index (χ1) is 15.0. The van der Waals surface area contributed by atoms with Gasteiger partial charge in [0.15, 0.2) is 6.61 Å². The highest BCUT2D eigenvalue weighted by molar-refractivity contribution is 5.97. The third kappa shape index (κ3) is 4.35. The highest BCUT2D eigenvalue weighted by Crippen LogP contribution is 2.20. The first-order valence-corrected chi connectivity index (χ1v) is 10.6. The van der Waals surface area contributed by atoms with Crippen molar-refractivity contribution in [2.24, 2.45) is 0 Å². The van der Waals surface area contributed by atoms with E-state index in [1.165, 1.54) is 11.6 Å². The summed E-state index contributed by atoms with van der Waals surface area (Å²) in [7, 11) is 0. The highest BCUT2D eigenvalue weighted by Gasteiger charge is 2.18. The van der Waals surface area contributed by atoms with Crippen molar-refractivity contribution >= 4 is 28.5 Å². The van der Waals surface area contributed by atoms with Gasteiger partial charge in [0.2, 0.25) is 0 Å². The quantitative estimate of drug-likeness (QED) is 0.616. The van der Waals surface area contributed by atoms with Gasteiger partial charge in [-0.2, -0.15) is 0 Å². The van der Waals surface area contributed by atoms with Crippen LogP contribution in [-0.4, -0.2) is 28.0 Å². The van der Waals surface area contributed by atoms with Crippen molar-refractivity contribution in [3.63, 3.8) is 0 Å². The topological polar surface area (TPSA) is 90.3 Å². The van der Waals surface area contributed by atoms with Crippen LogP contribution < -0.4 is 10.9 Å². The number of amides is 1. The van der Waals surface area contributed by atoms with Gasteiger partial charge in [-0.3, -0.25) is 14.2 Å². The normalized spacial score (nSPS) is 13.6. The van der Waals surface area contributed by atoms with Crippen LogP contribution >= 0.6 is 0 Å². The molecule has 0 unspecified atom stereocenters. The van der Waals surface area contributed by atoms with Gasteiger partial charge >= 0.3 is 5.97 Å². The van der Waals surface area contributed by atoms with Gasteiger partial charge in [-0.05, 0) is 54.7 Å². The van der Waals surface area contributed by atoms with E-state index in [0.717, 1.165) is 25.1 Å². The summed E-state index contributed by atoms with van der Waals surface area (Å²) in [4.78, 5) is 41.6. The molecule has 0 spiro atoms. The minimum Gasteiger partial charge on any atom is -0.452 e. The van der Waals surface area contributed by atoms with E-state index in [-0.39, 0.29) is 11.1 Å². The van der Waals surface area contributed by atoms with Gasteiger partial charge in [0, 0.05) is 18.7 Å². The molecule has 1 N–H and O–H groups in total. The Morgan fingerprint density at radius 1 is 1.19 bits per heavy atom. The summed E-state index contributed by atoms with van der Waals surface area (Å²) in [5, 5.41) is 3.20. The molecule has 7 nitrogen and oxygen atoms in total. The molecule has 1 aliphatic heterocycles. The molecule has 2 heterocycles. The molecule has 0 saturated heterocycles. The zero-order chi connectivity index (χ0) is 22.0. The zero-order valence-corrected chi connectivity index (χ0v) is 17.7. The molecule has 7 heteroatoms. The van der Waals surface area contributed by atoms with Crippen molar-refractivity contribution in [3.8, 4) is 0 Å². The summed E-state index contributed by atoms with van der Waals surface area (Å²) >= 11 is 0. The third-order valence-corrected chi connectivity index (χ3v) is 5.76. The van der Waals surface area contributed by atoms with Crippen LogP contribution in [0.15, 0.2) is 47.3 Å². The Kier molecular flexibility index (Phi) is 5.84. The van der Waals surface area contributed by atoms with Crippen molar-refractivity contribution in [2.45, 2.75) is 45.6 Å². The van der Waals surface area contributed by atoms with Crippen LogP contribution in [-0.2, 0) is 22.5 Å². The van der Waals surface area contributed by atoms with Crippen LogP contribution in [0.1, 0.15) is 54.4 Å². The maximum Gasteiger partial charge on any atom is 0.338 e. The smallest absolute Gasteiger partial charge is 0.338 e. The first kappa shape index (κ1) is 20.8. The van der Waals surface area contributed by atoms with E-state index < -0.39 is 18.5 Å². The van der Waals surface area contributed by atoms with E-state index in [2.05, 4.69) is 24.1 Å². The molecule has 0 fully saturated rings. The van der Waals surface area contributed by atoms with Gasteiger partial charge in [-0.1, -0.05) is 26.0 Å². The lowest BCUT2D eigenvalue weighted by Crippen LogP contribution is -2.22. The molecule has 1 aromatic heterocycles. The van der Waals surface area contributed by atoms with E-state index in [1.54, 1.807) is 16.7 Å². The van der Waals surface area contributed by atoms with Crippen molar-refractivity contribution in [1.29, 1.82) is 0 Å². The Balaban J connectivity index is 1.39. The number of carbonyl (C=O) groups excluding carboxylic acids is 2. The van der Waals surface area contributed by atoms with Gasteiger partial charge in [-0.25, -0.2) is 9.78 Å². The zero-order valence-electron chi connectivity index (χ0n) is 17.7. The summed E-state index contributed by atoms with van der Waals surface area (Å²) < 4.78 is 6.83. The SMILES string of the molecule is CC[C@H](C)c1ccc(NC(=O)COC(=O)c2ccc3c(=O)n4c(nc3c2)CCC4)cc1. The number of nitrogens with zero attached hydrogens (tertiary/aromatic N) is 2.